The summed E-state index contributed by atoms with van der Waals surface area (Å²) < 4.78 is 25.6. The number of hydrogen-bond donors (Lipinski definition) is 0. The van der Waals surface area contributed by atoms with Crippen LogP contribution in [-0.2, 0) is 14.8 Å². The maximum Gasteiger partial charge on any atom is 0.246 e. The van der Waals surface area contributed by atoms with Crippen LogP contribution >= 0.6 is 11.6 Å². The summed E-state index contributed by atoms with van der Waals surface area (Å²) in [6, 6.07) is 4.23. The molecule has 0 saturated carbocycles. The second kappa shape index (κ2) is 6.46. The van der Waals surface area contributed by atoms with Crippen LogP contribution in [0.4, 0.5) is 5.69 Å². The standard InChI is InChI=1S/C15H21ClN2O3S/c1-11-6-7-13(10-14(11)16)18(22(3,20)21)12(2)15(19)17-8-4-5-9-17/h6-7,10,12H,4-5,8-9H2,1-3H3. The zero-order valence-electron chi connectivity index (χ0n) is 13.0. The predicted molar refractivity (Wildman–Crippen MR) is 88.8 cm³/mol. The lowest BCUT2D eigenvalue weighted by molar-refractivity contribution is -0.130. The maximum absolute atomic E-state index is 12.5. The predicted octanol–water partition coefficient (Wildman–Crippen LogP) is 2.43. The van der Waals surface area contributed by atoms with E-state index < -0.39 is 16.1 Å². The number of carbonyl (C=O) groups excluding carboxylic acids is 1. The fourth-order valence-electron chi connectivity index (χ4n) is 2.72. The van der Waals surface area contributed by atoms with Gasteiger partial charge in [-0.25, -0.2) is 8.42 Å². The largest absolute Gasteiger partial charge is 0.341 e. The summed E-state index contributed by atoms with van der Waals surface area (Å²) in [5, 5.41) is 0.479. The summed E-state index contributed by atoms with van der Waals surface area (Å²) >= 11 is 6.10. The molecule has 2 rings (SSSR count). The fourth-order valence-corrected chi connectivity index (χ4v) is 4.06. The number of aryl methyl sites for hydroxylation is 1. The van der Waals surface area contributed by atoms with Gasteiger partial charge in [0.25, 0.3) is 0 Å². The molecule has 1 fully saturated rings. The Morgan fingerprint density at radius 1 is 1.32 bits per heavy atom. The van der Waals surface area contributed by atoms with Gasteiger partial charge in [0.15, 0.2) is 0 Å². The number of likely N-dealkylation sites (tertiary alicyclic amines) is 1. The average Bonchev–Trinajstić information content (AvgIpc) is 2.94. The summed E-state index contributed by atoms with van der Waals surface area (Å²) in [4.78, 5) is 14.3. The summed E-state index contributed by atoms with van der Waals surface area (Å²) in [7, 11) is -3.59. The molecular weight excluding hydrogens is 324 g/mol. The van der Waals surface area contributed by atoms with Gasteiger partial charge in [0, 0.05) is 18.1 Å². The van der Waals surface area contributed by atoms with E-state index in [0.717, 1.165) is 29.0 Å². The van der Waals surface area contributed by atoms with Crippen molar-refractivity contribution in [3.63, 3.8) is 0 Å². The van der Waals surface area contributed by atoms with Crippen LogP contribution in [0.2, 0.25) is 5.02 Å². The molecule has 1 aliphatic rings. The molecule has 1 unspecified atom stereocenters. The highest BCUT2D eigenvalue weighted by atomic mass is 35.5. The molecule has 1 aromatic carbocycles. The third-order valence-corrected chi connectivity index (χ3v) is 5.54. The van der Waals surface area contributed by atoms with Crippen molar-refractivity contribution in [2.75, 3.05) is 23.7 Å². The Kier molecular flexibility index (Phi) is 5.02. The molecular formula is C15H21ClN2O3S. The topological polar surface area (TPSA) is 57.7 Å². The van der Waals surface area contributed by atoms with Crippen molar-refractivity contribution in [1.29, 1.82) is 0 Å². The molecule has 0 N–H and O–H groups in total. The van der Waals surface area contributed by atoms with Crippen molar-refractivity contribution in [3.8, 4) is 0 Å². The van der Waals surface area contributed by atoms with Gasteiger partial charge in [0.2, 0.25) is 15.9 Å². The molecule has 22 heavy (non-hydrogen) atoms. The summed E-state index contributed by atoms with van der Waals surface area (Å²) in [5.74, 6) is -0.167. The Labute approximate surface area is 136 Å². The number of hydrogen-bond acceptors (Lipinski definition) is 3. The van der Waals surface area contributed by atoms with E-state index in [2.05, 4.69) is 0 Å². The number of amides is 1. The Morgan fingerprint density at radius 2 is 1.91 bits per heavy atom. The highest BCUT2D eigenvalue weighted by Gasteiger charge is 2.33. The Balaban J connectivity index is 2.37. The zero-order valence-corrected chi connectivity index (χ0v) is 14.6. The molecule has 0 radical (unpaired) electrons. The van der Waals surface area contributed by atoms with Gasteiger partial charge in [-0.1, -0.05) is 17.7 Å². The zero-order chi connectivity index (χ0) is 16.5. The number of anilines is 1. The lowest BCUT2D eigenvalue weighted by Crippen LogP contribution is -2.48. The molecule has 1 amide bonds. The van der Waals surface area contributed by atoms with Crippen molar-refractivity contribution >= 4 is 33.2 Å². The third kappa shape index (κ3) is 3.55. The van der Waals surface area contributed by atoms with Crippen LogP contribution in [0, 0.1) is 6.92 Å². The van der Waals surface area contributed by atoms with Gasteiger partial charge in [0.1, 0.15) is 6.04 Å². The Bertz CT molecular complexity index is 669. The second-order valence-corrected chi connectivity index (χ2v) is 7.97. The van der Waals surface area contributed by atoms with Crippen molar-refractivity contribution in [1.82, 2.24) is 4.90 Å². The van der Waals surface area contributed by atoms with Gasteiger partial charge in [-0.05, 0) is 44.4 Å². The van der Waals surface area contributed by atoms with Crippen molar-refractivity contribution in [3.05, 3.63) is 28.8 Å². The highest BCUT2D eigenvalue weighted by Crippen LogP contribution is 2.27. The molecule has 1 aromatic rings. The van der Waals surface area contributed by atoms with E-state index in [1.165, 1.54) is 0 Å². The second-order valence-electron chi connectivity index (χ2n) is 5.70. The van der Waals surface area contributed by atoms with Gasteiger partial charge in [-0.2, -0.15) is 0 Å². The lowest BCUT2D eigenvalue weighted by atomic mass is 10.2. The molecule has 0 bridgehead atoms. The number of carbonyl (C=O) groups is 1. The van der Waals surface area contributed by atoms with Crippen LogP contribution in [-0.4, -0.2) is 44.6 Å². The molecule has 122 valence electrons. The SMILES string of the molecule is Cc1ccc(N(C(C)C(=O)N2CCCC2)S(C)(=O)=O)cc1Cl. The molecule has 0 spiro atoms. The van der Waals surface area contributed by atoms with E-state index >= 15 is 0 Å². The average molecular weight is 345 g/mol. The molecule has 1 saturated heterocycles. The molecule has 7 heteroatoms. The summed E-state index contributed by atoms with van der Waals surface area (Å²) in [6.07, 6.45) is 3.04. The monoisotopic (exact) mass is 344 g/mol. The van der Waals surface area contributed by atoms with Gasteiger partial charge in [0.05, 0.1) is 11.9 Å². The van der Waals surface area contributed by atoms with Crippen LogP contribution in [0.15, 0.2) is 18.2 Å². The van der Waals surface area contributed by atoms with Crippen LogP contribution < -0.4 is 4.31 Å². The van der Waals surface area contributed by atoms with Gasteiger partial charge >= 0.3 is 0 Å². The molecule has 1 atom stereocenters. The first kappa shape index (κ1) is 17.1. The summed E-state index contributed by atoms with van der Waals surface area (Å²) in [5.41, 5.74) is 1.27. The molecule has 1 aliphatic heterocycles. The van der Waals surface area contributed by atoms with E-state index in [4.69, 9.17) is 11.6 Å². The van der Waals surface area contributed by atoms with E-state index in [9.17, 15) is 13.2 Å². The lowest BCUT2D eigenvalue weighted by Gasteiger charge is -2.31. The van der Waals surface area contributed by atoms with E-state index in [-0.39, 0.29) is 5.91 Å². The van der Waals surface area contributed by atoms with Crippen LogP contribution in [0.1, 0.15) is 25.3 Å². The Morgan fingerprint density at radius 3 is 2.41 bits per heavy atom. The van der Waals surface area contributed by atoms with Gasteiger partial charge in [-0.15, -0.1) is 0 Å². The number of benzene rings is 1. The highest BCUT2D eigenvalue weighted by molar-refractivity contribution is 7.92. The van der Waals surface area contributed by atoms with Crippen molar-refractivity contribution in [2.24, 2.45) is 0 Å². The molecule has 0 aromatic heterocycles. The minimum atomic E-state index is -3.59. The fraction of sp³-hybridized carbons (Fsp3) is 0.533. The first-order chi connectivity index (χ1) is 10.2. The molecule has 1 heterocycles. The van der Waals surface area contributed by atoms with Crippen LogP contribution in [0.3, 0.4) is 0 Å². The van der Waals surface area contributed by atoms with Crippen molar-refractivity contribution < 1.29 is 13.2 Å². The van der Waals surface area contributed by atoms with Gasteiger partial charge < -0.3 is 4.90 Å². The van der Waals surface area contributed by atoms with Crippen LogP contribution in [0.25, 0.3) is 0 Å². The third-order valence-electron chi connectivity index (χ3n) is 3.89. The Hall–Kier alpha value is -1.27. The summed E-state index contributed by atoms with van der Waals surface area (Å²) in [6.45, 7) is 4.84. The number of rotatable bonds is 4. The van der Waals surface area contributed by atoms with E-state index in [1.54, 1.807) is 30.0 Å². The molecule has 5 nitrogen and oxygen atoms in total. The smallest absolute Gasteiger partial charge is 0.246 e. The number of nitrogens with zero attached hydrogens (tertiary/aromatic N) is 2. The number of halogens is 1. The van der Waals surface area contributed by atoms with Gasteiger partial charge in [-0.3, -0.25) is 9.10 Å². The number of sulfonamides is 1. The first-order valence-corrected chi connectivity index (χ1v) is 9.49. The first-order valence-electron chi connectivity index (χ1n) is 7.26. The minimum Gasteiger partial charge on any atom is -0.341 e. The normalized spacial score (nSPS) is 16.6. The maximum atomic E-state index is 12.5. The molecule has 0 aliphatic carbocycles. The van der Waals surface area contributed by atoms with Crippen molar-refractivity contribution in [2.45, 2.75) is 32.7 Å². The van der Waals surface area contributed by atoms with Crippen LogP contribution in [0.5, 0.6) is 0 Å². The minimum absolute atomic E-state index is 0.167. The van der Waals surface area contributed by atoms with E-state index in [0.29, 0.717) is 23.8 Å². The quantitative estimate of drug-likeness (QED) is 0.842. The van der Waals surface area contributed by atoms with E-state index in [1.807, 2.05) is 6.92 Å².